The number of allylic oxidation sites excluding steroid dienone is 1. The van der Waals surface area contributed by atoms with E-state index in [1.54, 1.807) is 48.5 Å². The second-order valence-corrected chi connectivity index (χ2v) is 7.46. The summed E-state index contributed by atoms with van der Waals surface area (Å²) in [5.74, 6) is -1.67. The minimum Gasteiger partial charge on any atom is -0.503 e. The van der Waals surface area contributed by atoms with Crippen LogP contribution < -0.4 is 9.64 Å². The molecule has 8 nitrogen and oxygen atoms in total. The van der Waals surface area contributed by atoms with Crippen molar-refractivity contribution in [3.05, 3.63) is 118 Å². The highest BCUT2D eigenvalue weighted by Gasteiger charge is 2.46. The Kier molecular flexibility index (Phi) is 6.22. The van der Waals surface area contributed by atoms with E-state index in [-0.39, 0.29) is 16.8 Å². The maximum atomic E-state index is 13.2. The summed E-state index contributed by atoms with van der Waals surface area (Å²) in [6, 6.07) is 20.1. The molecule has 1 N–H and O–H groups in total. The standard InChI is InChI=1S/C26H20N2O6/c1-34-19-14-12-18(13-15-19)27-24(20-9-5-6-10-21(20)28(32)33)23(25(30)26(27)31)22(29)16-11-17-7-3-2-4-8-17/h2-16,24,30H,1H3/b16-11+. The average molecular weight is 456 g/mol. The van der Waals surface area contributed by atoms with Gasteiger partial charge in [-0.25, -0.2) is 0 Å². The molecule has 1 heterocycles. The Balaban J connectivity index is 1.84. The maximum Gasteiger partial charge on any atom is 0.294 e. The predicted molar refractivity (Wildman–Crippen MR) is 126 cm³/mol. The number of aliphatic hydroxyl groups excluding tert-OH is 1. The summed E-state index contributed by atoms with van der Waals surface area (Å²) in [5.41, 5.74) is 0.690. The number of ether oxygens (including phenoxy) is 1. The summed E-state index contributed by atoms with van der Waals surface area (Å²) in [7, 11) is 1.50. The second-order valence-electron chi connectivity index (χ2n) is 7.46. The number of carbonyl (C=O) groups is 2. The van der Waals surface area contributed by atoms with E-state index in [2.05, 4.69) is 0 Å². The minimum absolute atomic E-state index is 0.108. The van der Waals surface area contributed by atoms with E-state index < -0.39 is 28.4 Å². The van der Waals surface area contributed by atoms with E-state index in [9.17, 15) is 24.8 Å². The second kappa shape index (κ2) is 9.41. The number of nitrogens with zero attached hydrogens (tertiary/aromatic N) is 2. The number of carbonyl (C=O) groups excluding carboxylic acids is 2. The lowest BCUT2D eigenvalue weighted by Crippen LogP contribution is -2.31. The van der Waals surface area contributed by atoms with Gasteiger partial charge in [-0.15, -0.1) is 0 Å². The lowest BCUT2D eigenvalue weighted by atomic mass is 9.94. The molecule has 3 aromatic carbocycles. The summed E-state index contributed by atoms with van der Waals surface area (Å²) < 4.78 is 5.16. The monoisotopic (exact) mass is 456 g/mol. The fraction of sp³-hybridized carbons (Fsp3) is 0.0769. The summed E-state index contributed by atoms with van der Waals surface area (Å²) >= 11 is 0. The Morgan fingerprint density at radius 1 is 1.03 bits per heavy atom. The highest BCUT2D eigenvalue weighted by Crippen LogP contribution is 2.44. The average Bonchev–Trinajstić information content (AvgIpc) is 3.13. The fourth-order valence-corrected chi connectivity index (χ4v) is 3.87. The third-order valence-electron chi connectivity index (χ3n) is 5.48. The van der Waals surface area contributed by atoms with E-state index in [1.807, 2.05) is 18.2 Å². The van der Waals surface area contributed by atoms with Crippen molar-refractivity contribution in [1.82, 2.24) is 0 Å². The molecular weight excluding hydrogens is 436 g/mol. The van der Waals surface area contributed by atoms with Crippen LogP contribution >= 0.6 is 0 Å². The summed E-state index contributed by atoms with van der Waals surface area (Å²) in [5, 5.41) is 22.5. The maximum absolute atomic E-state index is 13.2. The molecule has 3 aromatic rings. The normalized spacial score (nSPS) is 15.7. The first-order valence-corrected chi connectivity index (χ1v) is 10.3. The van der Waals surface area contributed by atoms with Gasteiger partial charge in [0, 0.05) is 11.8 Å². The molecule has 0 spiro atoms. The van der Waals surface area contributed by atoms with Crippen molar-refractivity contribution in [2.75, 3.05) is 12.0 Å². The van der Waals surface area contributed by atoms with Crippen LogP contribution in [0.2, 0.25) is 0 Å². The molecule has 1 atom stereocenters. The van der Waals surface area contributed by atoms with Gasteiger partial charge in [0.05, 0.1) is 23.2 Å². The summed E-state index contributed by atoms with van der Waals surface area (Å²) in [6.45, 7) is 0. The highest BCUT2D eigenvalue weighted by atomic mass is 16.6. The van der Waals surface area contributed by atoms with Crippen LogP contribution in [-0.4, -0.2) is 28.8 Å². The Hall–Kier alpha value is -4.72. The number of hydrogen-bond acceptors (Lipinski definition) is 6. The quantitative estimate of drug-likeness (QED) is 0.311. The highest BCUT2D eigenvalue weighted by molar-refractivity contribution is 6.20. The van der Waals surface area contributed by atoms with Gasteiger partial charge in [-0.3, -0.25) is 24.6 Å². The Morgan fingerprint density at radius 2 is 1.68 bits per heavy atom. The van der Waals surface area contributed by atoms with Gasteiger partial charge >= 0.3 is 0 Å². The van der Waals surface area contributed by atoms with Crippen molar-refractivity contribution < 1.29 is 24.4 Å². The van der Waals surface area contributed by atoms with Gasteiger partial charge in [0.2, 0.25) is 0 Å². The SMILES string of the molecule is COc1ccc(N2C(=O)C(O)=C(C(=O)/C=C/c3ccccc3)C2c2ccccc2[N+](=O)[O-])cc1. The van der Waals surface area contributed by atoms with Crippen LogP contribution in [0.4, 0.5) is 11.4 Å². The van der Waals surface area contributed by atoms with Crippen molar-refractivity contribution in [2.45, 2.75) is 6.04 Å². The number of benzene rings is 3. The van der Waals surface area contributed by atoms with Gasteiger partial charge < -0.3 is 9.84 Å². The number of nitro groups is 1. The molecule has 4 rings (SSSR count). The molecule has 170 valence electrons. The Morgan fingerprint density at radius 3 is 2.32 bits per heavy atom. The summed E-state index contributed by atoms with van der Waals surface area (Å²) in [4.78, 5) is 38.8. The minimum atomic E-state index is -1.20. The van der Waals surface area contributed by atoms with Crippen LogP contribution in [0.25, 0.3) is 6.08 Å². The van der Waals surface area contributed by atoms with Gasteiger partial charge in [0.15, 0.2) is 11.5 Å². The molecule has 0 radical (unpaired) electrons. The largest absolute Gasteiger partial charge is 0.503 e. The van der Waals surface area contributed by atoms with Crippen LogP contribution in [-0.2, 0) is 9.59 Å². The lowest BCUT2D eigenvalue weighted by molar-refractivity contribution is -0.385. The molecule has 8 heteroatoms. The number of nitro benzene ring substituents is 1. The number of ketones is 1. The molecule has 0 bridgehead atoms. The van der Waals surface area contributed by atoms with E-state index in [0.717, 1.165) is 5.56 Å². The third-order valence-corrected chi connectivity index (χ3v) is 5.48. The van der Waals surface area contributed by atoms with E-state index in [4.69, 9.17) is 4.74 Å². The van der Waals surface area contributed by atoms with Crippen molar-refractivity contribution in [2.24, 2.45) is 0 Å². The zero-order chi connectivity index (χ0) is 24.2. The Bertz CT molecular complexity index is 1310. The number of rotatable bonds is 7. The molecule has 1 amide bonds. The van der Waals surface area contributed by atoms with Crippen molar-refractivity contribution in [1.29, 1.82) is 0 Å². The number of hydrogen-bond donors (Lipinski definition) is 1. The number of aliphatic hydroxyl groups is 1. The van der Waals surface area contributed by atoms with E-state index in [1.165, 1.54) is 36.3 Å². The molecule has 0 aliphatic carbocycles. The molecule has 0 aromatic heterocycles. The van der Waals surface area contributed by atoms with Crippen molar-refractivity contribution in [3.63, 3.8) is 0 Å². The zero-order valence-electron chi connectivity index (χ0n) is 18.1. The molecule has 0 fully saturated rings. The fourth-order valence-electron chi connectivity index (χ4n) is 3.87. The molecule has 1 aliphatic rings. The first-order chi connectivity index (χ1) is 16.4. The molecule has 1 aliphatic heterocycles. The number of methoxy groups -OCH3 is 1. The van der Waals surface area contributed by atoms with Gasteiger partial charge in [-0.1, -0.05) is 48.5 Å². The lowest BCUT2D eigenvalue weighted by Gasteiger charge is -2.26. The molecule has 1 unspecified atom stereocenters. The van der Waals surface area contributed by atoms with E-state index >= 15 is 0 Å². The first kappa shape index (κ1) is 22.5. The predicted octanol–water partition coefficient (Wildman–Crippen LogP) is 4.79. The molecule has 0 saturated heterocycles. The first-order valence-electron chi connectivity index (χ1n) is 10.3. The third kappa shape index (κ3) is 4.16. The molecule has 0 saturated carbocycles. The molecule has 34 heavy (non-hydrogen) atoms. The van der Waals surface area contributed by atoms with Gasteiger partial charge in [-0.2, -0.15) is 0 Å². The van der Waals surface area contributed by atoms with Crippen molar-refractivity contribution in [3.8, 4) is 5.75 Å². The Labute approximate surface area is 195 Å². The van der Waals surface area contributed by atoms with Crippen LogP contribution in [0.5, 0.6) is 5.75 Å². The van der Waals surface area contributed by atoms with Crippen LogP contribution in [0.15, 0.2) is 96.3 Å². The topological polar surface area (TPSA) is 110 Å². The van der Waals surface area contributed by atoms with Crippen LogP contribution in [0.1, 0.15) is 17.2 Å². The van der Waals surface area contributed by atoms with Gasteiger partial charge in [-0.05, 0) is 42.0 Å². The smallest absolute Gasteiger partial charge is 0.294 e. The molecular formula is C26H20N2O6. The van der Waals surface area contributed by atoms with Crippen LogP contribution in [0, 0.1) is 10.1 Å². The van der Waals surface area contributed by atoms with Crippen LogP contribution in [0.3, 0.4) is 0 Å². The summed E-state index contributed by atoms with van der Waals surface area (Å²) in [6.07, 6.45) is 2.80. The number of anilines is 1. The van der Waals surface area contributed by atoms with E-state index in [0.29, 0.717) is 11.4 Å². The number of amides is 1. The van der Waals surface area contributed by atoms with Gasteiger partial charge in [0.1, 0.15) is 11.8 Å². The zero-order valence-corrected chi connectivity index (χ0v) is 18.1. The van der Waals surface area contributed by atoms with Crippen molar-refractivity contribution >= 4 is 29.1 Å². The number of para-hydroxylation sites is 1. The van der Waals surface area contributed by atoms with Gasteiger partial charge in [0.25, 0.3) is 11.6 Å².